The van der Waals surface area contributed by atoms with Gasteiger partial charge in [0.25, 0.3) is 0 Å². The van der Waals surface area contributed by atoms with Crippen molar-refractivity contribution in [3.05, 3.63) is 60.9 Å². The quantitative estimate of drug-likeness (QED) is 0.480. The van der Waals surface area contributed by atoms with Crippen LogP contribution in [-0.4, -0.2) is 38.8 Å². The van der Waals surface area contributed by atoms with Crippen LogP contribution in [0.15, 0.2) is 65.8 Å². The zero-order valence-electron chi connectivity index (χ0n) is 16.3. The highest BCUT2D eigenvalue weighted by molar-refractivity contribution is 7.92. The van der Waals surface area contributed by atoms with E-state index in [4.69, 9.17) is 0 Å². The molecule has 0 saturated carbocycles. The van der Waals surface area contributed by atoms with Gasteiger partial charge in [-0.2, -0.15) is 0 Å². The number of sulfone groups is 1. The molecule has 0 aliphatic heterocycles. The van der Waals surface area contributed by atoms with Gasteiger partial charge in [-0.15, -0.1) is 0 Å². The second-order valence-corrected chi connectivity index (χ2v) is 10.5. The summed E-state index contributed by atoms with van der Waals surface area (Å²) in [6.45, 7) is 1.60. The van der Waals surface area contributed by atoms with E-state index in [0.717, 1.165) is 6.26 Å². The average Bonchev–Trinajstić information content (AvgIpc) is 2.67. The summed E-state index contributed by atoms with van der Waals surface area (Å²) < 4.78 is 49.3. The van der Waals surface area contributed by atoms with Crippen LogP contribution in [0.3, 0.4) is 0 Å². The minimum atomic E-state index is -3.38. The minimum Gasteiger partial charge on any atom is -0.340 e. The Hall–Kier alpha value is -3.18. The molecule has 1 aromatic heterocycles. The molecule has 11 heteroatoms. The Morgan fingerprint density at radius 2 is 1.37 bits per heavy atom. The first-order valence-corrected chi connectivity index (χ1v) is 12.5. The van der Waals surface area contributed by atoms with Crippen molar-refractivity contribution in [3.8, 4) is 0 Å². The highest BCUT2D eigenvalue weighted by Crippen LogP contribution is 2.23. The smallest absolute Gasteiger partial charge is 0.229 e. The van der Waals surface area contributed by atoms with E-state index in [-0.39, 0.29) is 10.6 Å². The van der Waals surface area contributed by atoms with Gasteiger partial charge in [-0.3, -0.25) is 4.72 Å². The lowest BCUT2D eigenvalue weighted by Crippen LogP contribution is -2.09. The van der Waals surface area contributed by atoms with Crippen LogP contribution in [0.5, 0.6) is 0 Å². The van der Waals surface area contributed by atoms with Crippen LogP contribution in [0.2, 0.25) is 0 Å². The average molecular weight is 448 g/mol. The summed E-state index contributed by atoms with van der Waals surface area (Å²) >= 11 is 0. The number of rotatable bonds is 8. The molecule has 0 aliphatic rings. The number of benzene rings is 2. The van der Waals surface area contributed by atoms with E-state index in [2.05, 4.69) is 25.3 Å². The molecule has 0 saturated heterocycles. The molecular formula is C19H21N5O4S2. The van der Waals surface area contributed by atoms with Crippen LogP contribution < -0.4 is 15.4 Å². The maximum atomic E-state index is 12.1. The molecule has 9 nitrogen and oxygen atoms in total. The molecule has 1 heterocycles. The van der Waals surface area contributed by atoms with E-state index in [9.17, 15) is 16.8 Å². The fraction of sp³-hybridized carbons (Fsp3) is 0.158. The van der Waals surface area contributed by atoms with E-state index in [1.807, 2.05) is 0 Å². The molecule has 0 atom stereocenters. The van der Waals surface area contributed by atoms with Gasteiger partial charge in [0.2, 0.25) is 10.0 Å². The van der Waals surface area contributed by atoms with Crippen molar-refractivity contribution in [1.29, 1.82) is 0 Å². The first kappa shape index (κ1) is 21.5. The molecule has 0 unspecified atom stereocenters. The molecule has 0 fully saturated rings. The fourth-order valence-electron chi connectivity index (χ4n) is 2.60. The van der Waals surface area contributed by atoms with Crippen LogP contribution in [0.4, 0.5) is 28.7 Å². The molecule has 2 aromatic carbocycles. The van der Waals surface area contributed by atoms with Crippen LogP contribution >= 0.6 is 0 Å². The zero-order valence-corrected chi connectivity index (χ0v) is 18.0. The Balaban J connectivity index is 1.78. The normalized spacial score (nSPS) is 11.7. The third kappa shape index (κ3) is 5.91. The van der Waals surface area contributed by atoms with Gasteiger partial charge in [-0.25, -0.2) is 26.8 Å². The summed E-state index contributed by atoms with van der Waals surface area (Å²) in [5, 5.41) is 6.14. The van der Waals surface area contributed by atoms with Crippen molar-refractivity contribution < 1.29 is 16.8 Å². The highest BCUT2D eigenvalue weighted by Gasteiger charge is 2.12. The molecule has 0 radical (unpaired) electrons. The zero-order chi connectivity index (χ0) is 21.8. The summed E-state index contributed by atoms with van der Waals surface area (Å²) in [6, 6.07) is 14.9. The number of hydrogen-bond acceptors (Lipinski definition) is 8. The largest absolute Gasteiger partial charge is 0.340 e. The number of sulfonamides is 1. The molecule has 0 aliphatic carbocycles. The summed E-state index contributed by atoms with van der Waals surface area (Å²) in [5.74, 6) is 0.955. The van der Waals surface area contributed by atoms with Crippen molar-refractivity contribution in [3.63, 3.8) is 0 Å². The van der Waals surface area contributed by atoms with Gasteiger partial charge in [-0.1, -0.05) is 19.1 Å². The Morgan fingerprint density at radius 1 is 0.800 bits per heavy atom. The van der Waals surface area contributed by atoms with Gasteiger partial charge in [0.05, 0.1) is 22.6 Å². The predicted molar refractivity (Wildman–Crippen MR) is 118 cm³/mol. The first-order chi connectivity index (χ1) is 14.1. The van der Waals surface area contributed by atoms with Crippen molar-refractivity contribution in [2.45, 2.75) is 11.8 Å². The maximum absolute atomic E-state index is 12.1. The number of nitrogens with one attached hydrogen (secondary N) is 3. The van der Waals surface area contributed by atoms with Crippen LogP contribution in [0.1, 0.15) is 6.92 Å². The van der Waals surface area contributed by atoms with Crippen LogP contribution in [0.25, 0.3) is 0 Å². The van der Waals surface area contributed by atoms with Crippen molar-refractivity contribution in [1.82, 2.24) is 9.97 Å². The van der Waals surface area contributed by atoms with Crippen LogP contribution in [-0.2, 0) is 19.9 Å². The molecule has 3 N–H and O–H groups in total. The molecule has 0 spiro atoms. The monoisotopic (exact) mass is 447 g/mol. The Bertz CT molecular complexity index is 1260. The van der Waals surface area contributed by atoms with Gasteiger partial charge >= 0.3 is 0 Å². The minimum absolute atomic E-state index is 0.0191. The lowest BCUT2D eigenvalue weighted by atomic mass is 10.3. The Labute approximate surface area is 175 Å². The van der Waals surface area contributed by atoms with Crippen molar-refractivity contribution in [2.75, 3.05) is 27.4 Å². The summed E-state index contributed by atoms with van der Waals surface area (Å²) in [7, 11) is -6.69. The molecule has 3 aromatic rings. The topological polar surface area (TPSA) is 130 Å². The van der Waals surface area contributed by atoms with E-state index in [0.29, 0.717) is 28.7 Å². The van der Waals surface area contributed by atoms with Gasteiger partial charge < -0.3 is 10.6 Å². The predicted octanol–water partition coefficient (Wildman–Crippen LogP) is 3.13. The Morgan fingerprint density at radius 3 is 1.97 bits per heavy atom. The number of aromatic nitrogens is 2. The Kier molecular flexibility index (Phi) is 6.22. The lowest BCUT2D eigenvalue weighted by molar-refractivity contribution is 0.597. The molecule has 30 heavy (non-hydrogen) atoms. The summed E-state index contributed by atoms with van der Waals surface area (Å²) in [4.78, 5) is 8.54. The standard InChI is InChI=1S/C19H21N5O4S2/c1-3-30(27,28)17-9-5-7-15(11-17)23-19-12-18(20-13-21-19)22-14-6-4-8-16(10-14)24-29(2,25)26/h4-13,24H,3H2,1-2H3,(H2,20,21,22,23). The molecule has 3 rings (SSSR count). The second-order valence-electron chi connectivity index (χ2n) is 6.42. The lowest BCUT2D eigenvalue weighted by Gasteiger charge is -2.11. The maximum Gasteiger partial charge on any atom is 0.229 e. The van der Waals surface area contributed by atoms with Crippen molar-refractivity contribution >= 4 is 48.6 Å². The van der Waals surface area contributed by atoms with Crippen LogP contribution in [0, 0.1) is 0 Å². The van der Waals surface area contributed by atoms with Gasteiger partial charge in [0.15, 0.2) is 9.84 Å². The van der Waals surface area contributed by atoms with E-state index < -0.39 is 19.9 Å². The number of nitrogens with zero attached hydrogens (tertiary/aromatic N) is 2. The van der Waals surface area contributed by atoms with Gasteiger partial charge in [-0.05, 0) is 36.4 Å². The third-order valence-corrected chi connectivity index (χ3v) is 6.29. The SMILES string of the molecule is CCS(=O)(=O)c1cccc(Nc2cc(Nc3cccc(NS(C)(=O)=O)c3)ncn2)c1. The number of hydrogen-bond donors (Lipinski definition) is 3. The summed E-state index contributed by atoms with van der Waals surface area (Å²) in [5.41, 5.74) is 1.63. The fourth-order valence-corrected chi connectivity index (χ4v) is 4.08. The van der Waals surface area contributed by atoms with Crippen molar-refractivity contribution in [2.24, 2.45) is 0 Å². The molecular weight excluding hydrogens is 426 g/mol. The molecule has 0 bridgehead atoms. The first-order valence-electron chi connectivity index (χ1n) is 8.91. The summed E-state index contributed by atoms with van der Waals surface area (Å²) in [6.07, 6.45) is 2.44. The molecule has 0 amide bonds. The second kappa shape index (κ2) is 8.67. The third-order valence-electron chi connectivity index (χ3n) is 3.95. The van der Waals surface area contributed by atoms with Gasteiger partial charge in [0, 0.05) is 17.4 Å². The van der Waals surface area contributed by atoms with E-state index in [1.165, 1.54) is 6.33 Å². The number of anilines is 5. The molecule has 158 valence electrons. The highest BCUT2D eigenvalue weighted by atomic mass is 32.2. The van der Waals surface area contributed by atoms with E-state index in [1.54, 1.807) is 61.5 Å². The van der Waals surface area contributed by atoms with E-state index >= 15 is 0 Å². The van der Waals surface area contributed by atoms with Gasteiger partial charge in [0.1, 0.15) is 18.0 Å².